The Kier molecular flexibility index (Phi) is 6.02. The van der Waals surface area contributed by atoms with Crippen LogP contribution in [-0.4, -0.2) is 27.3 Å². The maximum Gasteiger partial charge on any atom is 0.223 e. The fourth-order valence-electron chi connectivity index (χ4n) is 4.10. The lowest BCUT2D eigenvalue weighted by molar-refractivity contribution is -0.135. The third-order valence-corrected chi connectivity index (χ3v) is 5.58. The lowest BCUT2D eigenvalue weighted by Gasteiger charge is -2.36. The standard InChI is InChI=1S/C24H25FN4O/c25-19-10-6-9-18(15-19)20-16-27-24(26)28-23(20)21-11-4-5-14-29(21)22(30)13-12-17-7-2-1-3-8-17/h1-3,6-10,15-16,21H,4-5,11-14H2,(H2,26,27,28)/t21-/m1/s1. The van der Waals surface area contributed by atoms with Crippen LogP contribution in [0.1, 0.15) is 43.0 Å². The van der Waals surface area contributed by atoms with E-state index in [0.29, 0.717) is 30.6 Å². The number of carbonyl (C=O) groups is 1. The van der Waals surface area contributed by atoms with Crippen LogP contribution in [0.2, 0.25) is 0 Å². The summed E-state index contributed by atoms with van der Waals surface area (Å²) in [5, 5.41) is 0. The van der Waals surface area contributed by atoms with Crippen molar-refractivity contribution in [1.82, 2.24) is 14.9 Å². The number of aromatic nitrogens is 2. The van der Waals surface area contributed by atoms with E-state index >= 15 is 0 Å². The second kappa shape index (κ2) is 9.03. The van der Waals surface area contributed by atoms with Gasteiger partial charge in [0, 0.05) is 24.7 Å². The van der Waals surface area contributed by atoms with Crippen LogP contribution in [0.5, 0.6) is 0 Å². The SMILES string of the molecule is Nc1ncc(-c2cccc(F)c2)c([C@H]2CCCCN2C(=O)CCc2ccccc2)n1. The second-order valence-electron chi connectivity index (χ2n) is 7.62. The minimum absolute atomic E-state index is 0.103. The highest BCUT2D eigenvalue weighted by atomic mass is 19.1. The summed E-state index contributed by atoms with van der Waals surface area (Å²) in [6, 6.07) is 16.2. The first-order valence-corrected chi connectivity index (χ1v) is 10.3. The van der Waals surface area contributed by atoms with E-state index < -0.39 is 0 Å². The summed E-state index contributed by atoms with van der Waals surface area (Å²) >= 11 is 0. The van der Waals surface area contributed by atoms with Crippen molar-refractivity contribution in [2.75, 3.05) is 12.3 Å². The number of carbonyl (C=O) groups excluding carboxylic acids is 1. The zero-order valence-corrected chi connectivity index (χ0v) is 16.8. The topological polar surface area (TPSA) is 72.1 Å². The van der Waals surface area contributed by atoms with E-state index in [1.807, 2.05) is 41.3 Å². The number of aryl methyl sites for hydroxylation is 1. The number of anilines is 1. The largest absolute Gasteiger partial charge is 0.368 e. The van der Waals surface area contributed by atoms with Gasteiger partial charge in [0.2, 0.25) is 11.9 Å². The van der Waals surface area contributed by atoms with E-state index in [4.69, 9.17) is 5.73 Å². The molecular weight excluding hydrogens is 379 g/mol. The Balaban J connectivity index is 1.62. The summed E-state index contributed by atoms with van der Waals surface area (Å²) in [6.07, 6.45) is 5.54. The van der Waals surface area contributed by atoms with Gasteiger partial charge < -0.3 is 10.6 Å². The van der Waals surface area contributed by atoms with Crippen LogP contribution in [0.3, 0.4) is 0 Å². The van der Waals surface area contributed by atoms with E-state index in [1.54, 1.807) is 12.3 Å². The molecule has 2 N–H and O–H groups in total. The first kappa shape index (κ1) is 20.0. The monoisotopic (exact) mass is 404 g/mol. The van der Waals surface area contributed by atoms with Gasteiger partial charge in [-0.05, 0) is 48.9 Å². The fraction of sp³-hybridized carbons (Fsp3) is 0.292. The van der Waals surface area contributed by atoms with E-state index in [2.05, 4.69) is 9.97 Å². The van der Waals surface area contributed by atoms with Crippen LogP contribution in [-0.2, 0) is 11.2 Å². The summed E-state index contributed by atoms with van der Waals surface area (Å²) < 4.78 is 13.8. The maximum absolute atomic E-state index is 13.8. The van der Waals surface area contributed by atoms with Crippen molar-refractivity contribution in [3.63, 3.8) is 0 Å². The zero-order valence-electron chi connectivity index (χ0n) is 16.8. The lowest BCUT2D eigenvalue weighted by atomic mass is 9.93. The predicted octanol–water partition coefficient (Wildman–Crippen LogP) is 4.55. The molecule has 0 unspecified atom stereocenters. The predicted molar refractivity (Wildman–Crippen MR) is 115 cm³/mol. The zero-order chi connectivity index (χ0) is 20.9. The number of benzene rings is 2. The van der Waals surface area contributed by atoms with E-state index in [1.165, 1.54) is 12.1 Å². The molecular formula is C24H25FN4O. The molecule has 0 spiro atoms. The number of nitrogens with two attached hydrogens (primary N) is 1. The van der Waals surface area contributed by atoms with Crippen LogP contribution in [0.4, 0.5) is 10.3 Å². The number of piperidine rings is 1. The smallest absolute Gasteiger partial charge is 0.223 e. The molecule has 1 atom stereocenters. The van der Waals surface area contributed by atoms with Gasteiger partial charge in [-0.25, -0.2) is 14.4 Å². The molecule has 1 fully saturated rings. The maximum atomic E-state index is 13.8. The molecule has 0 aliphatic carbocycles. The van der Waals surface area contributed by atoms with E-state index in [9.17, 15) is 9.18 Å². The number of amides is 1. The number of nitrogens with zero attached hydrogens (tertiary/aromatic N) is 3. The molecule has 1 aliphatic heterocycles. The molecule has 1 saturated heterocycles. The molecule has 154 valence electrons. The Bertz CT molecular complexity index is 1020. The van der Waals surface area contributed by atoms with Crippen molar-refractivity contribution in [3.05, 3.63) is 77.9 Å². The fourth-order valence-corrected chi connectivity index (χ4v) is 4.10. The number of likely N-dealkylation sites (tertiary alicyclic amines) is 1. The van der Waals surface area contributed by atoms with Gasteiger partial charge in [0.05, 0.1) is 11.7 Å². The van der Waals surface area contributed by atoms with Crippen LogP contribution < -0.4 is 5.73 Å². The van der Waals surface area contributed by atoms with Gasteiger partial charge in [-0.2, -0.15) is 0 Å². The lowest BCUT2D eigenvalue weighted by Crippen LogP contribution is -2.39. The Morgan fingerprint density at radius 2 is 1.97 bits per heavy atom. The normalized spacial score (nSPS) is 16.4. The highest BCUT2D eigenvalue weighted by molar-refractivity contribution is 5.78. The Hall–Kier alpha value is -3.28. The van der Waals surface area contributed by atoms with Crippen LogP contribution in [0.25, 0.3) is 11.1 Å². The molecule has 0 bridgehead atoms. The number of halogens is 1. The molecule has 3 aromatic rings. The van der Waals surface area contributed by atoms with Crippen molar-refractivity contribution >= 4 is 11.9 Å². The summed E-state index contributed by atoms with van der Waals surface area (Å²) in [4.78, 5) is 23.7. The van der Waals surface area contributed by atoms with Gasteiger partial charge in [0.15, 0.2) is 0 Å². The molecule has 0 saturated carbocycles. The molecule has 2 aromatic carbocycles. The van der Waals surface area contributed by atoms with Gasteiger partial charge in [-0.1, -0.05) is 42.5 Å². The van der Waals surface area contributed by atoms with Gasteiger partial charge in [0.1, 0.15) is 5.82 Å². The summed E-state index contributed by atoms with van der Waals surface area (Å²) in [6.45, 7) is 0.685. The highest BCUT2D eigenvalue weighted by Crippen LogP contribution is 2.36. The van der Waals surface area contributed by atoms with Crippen LogP contribution in [0.15, 0.2) is 60.8 Å². The quantitative estimate of drug-likeness (QED) is 0.677. The average molecular weight is 404 g/mol. The van der Waals surface area contributed by atoms with Crippen molar-refractivity contribution in [2.24, 2.45) is 0 Å². The third kappa shape index (κ3) is 4.48. The van der Waals surface area contributed by atoms with Crippen molar-refractivity contribution in [1.29, 1.82) is 0 Å². The number of nitrogen functional groups attached to an aromatic ring is 1. The molecule has 6 heteroatoms. The number of rotatable bonds is 5. The number of hydrogen-bond donors (Lipinski definition) is 1. The second-order valence-corrected chi connectivity index (χ2v) is 7.62. The molecule has 0 radical (unpaired) electrons. The van der Waals surface area contributed by atoms with Crippen molar-refractivity contribution < 1.29 is 9.18 Å². The molecule has 30 heavy (non-hydrogen) atoms. The summed E-state index contributed by atoms with van der Waals surface area (Å²) in [5.41, 5.74) is 9.14. The molecule has 1 aromatic heterocycles. The molecule has 2 heterocycles. The minimum Gasteiger partial charge on any atom is -0.368 e. The third-order valence-electron chi connectivity index (χ3n) is 5.58. The van der Waals surface area contributed by atoms with Crippen molar-refractivity contribution in [3.8, 4) is 11.1 Å². The van der Waals surface area contributed by atoms with Gasteiger partial charge in [0.25, 0.3) is 0 Å². The Labute approximate surface area is 175 Å². The summed E-state index contributed by atoms with van der Waals surface area (Å²) in [5.74, 6) is -0.0620. The van der Waals surface area contributed by atoms with Gasteiger partial charge >= 0.3 is 0 Å². The van der Waals surface area contributed by atoms with Crippen LogP contribution >= 0.6 is 0 Å². The first-order valence-electron chi connectivity index (χ1n) is 10.3. The molecule has 5 nitrogen and oxygen atoms in total. The molecule has 1 amide bonds. The van der Waals surface area contributed by atoms with E-state index in [0.717, 1.165) is 30.4 Å². The van der Waals surface area contributed by atoms with Crippen molar-refractivity contribution in [2.45, 2.75) is 38.1 Å². The average Bonchev–Trinajstić information content (AvgIpc) is 2.78. The minimum atomic E-state index is -0.324. The molecule has 1 aliphatic rings. The highest BCUT2D eigenvalue weighted by Gasteiger charge is 2.31. The molecule has 4 rings (SSSR count). The Morgan fingerprint density at radius 3 is 2.77 bits per heavy atom. The van der Waals surface area contributed by atoms with Gasteiger partial charge in [-0.15, -0.1) is 0 Å². The summed E-state index contributed by atoms with van der Waals surface area (Å²) in [7, 11) is 0. The van der Waals surface area contributed by atoms with E-state index in [-0.39, 0.29) is 23.7 Å². The van der Waals surface area contributed by atoms with Crippen LogP contribution in [0, 0.1) is 5.82 Å². The first-order chi connectivity index (χ1) is 14.6. The number of hydrogen-bond acceptors (Lipinski definition) is 4. The Morgan fingerprint density at radius 1 is 1.13 bits per heavy atom. The van der Waals surface area contributed by atoms with Gasteiger partial charge in [-0.3, -0.25) is 4.79 Å².